The summed E-state index contributed by atoms with van der Waals surface area (Å²) in [5.41, 5.74) is -0.248. The summed E-state index contributed by atoms with van der Waals surface area (Å²) < 4.78 is 23.8. The molecule has 1 aliphatic heterocycles. The van der Waals surface area contributed by atoms with E-state index in [4.69, 9.17) is 18.9 Å². The van der Waals surface area contributed by atoms with Gasteiger partial charge in [0.15, 0.2) is 5.79 Å². The van der Waals surface area contributed by atoms with Crippen LogP contribution in [0.15, 0.2) is 0 Å². The van der Waals surface area contributed by atoms with Gasteiger partial charge < -0.3 is 18.9 Å². The number of hydrogen-bond donors (Lipinski definition) is 0. The number of carbonyl (C=O) groups excluding carboxylic acids is 3. The lowest BCUT2D eigenvalue weighted by Crippen LogP contribution is -2.58. The van der Waals surface area contributed by atoms with Crippen molar-refractivity contribution in [2.24, 2.45) is 52.3 Å². The van der Waals surface area contributed by atoms with Crippen molar-refractivity contribution in [3.63, 3.8) is 0 Å². The van der Waals surface area contributed by atoms with Gasteiger partial charge in [-0.15, -0.1) is 0 Å². The van der Waals surface area contributed by atoms with Gasteiger partial charge >= 0.3 is 11.9 Å². The highest BCUT2D eigenvalue weighted by Crippen LogP contribution is 2.70. The molecule has 0 aromatic rings. The molecule has 220 valence electrons. The number of esters is 2. The molecule has 0 radical (unpaired) electrons. The van der Waals surface area contributed by atoms with Crippen molar-refractivity contribution in [2.75, 3.05) is 13.7 Å². The zero-order valence-electron chi connectivity index (χ0n) is 25.1. The average molecular weight is 547 g/mol. The maximum Gasteiger partial charge on any atom is 0.302 e. The van der Waals surface area contributed by atoms with Crippen LogP contribution in [0, 0.1) is 52.3 Å². The molecule has 0 unspecified atom stereocenters. The van der Waals surface area contributed by atoms with Crippen LogP contribution in [0.5, 0.6) is 0 Å². The molecule has 5 fully saturated rings. The van der Waals surface area contributed by atoms with Crippen molar-refractivity contribution < 1.29 is 33.3 Å². The number of ketones is 1. The molecule has 1 saturated heterocycles. The highest BCUT2D eigenvalue weighted by atomic mass is 16.7. The third kappa shape index (κ3) is 4.67. The van der Waals surface area contributed by atoms with Crippen molar-refractivity contribution >= 4 is 17.7 Å². The van der Waals surface area contributed by atoms with Gasteiger partial charge in [-0.3, -0.25) is 14.4 Å². The lowest BCUT2D eigenvalue weighted by Gasteiger charge is -2.60. The molecule has 39 heavy (non-hydrogen) atoms. The van der Waals surface area contributed by atoms with Gasteiger partial charge in [0, 0.05) is 51.0 Å². The summed E-state index contributed by atoms with van der Waals surface area (Å²) in [6, 6.07) is 0. The Morgan fingerprint density at radius 1 is 1.08 bits per heavy atom. The Hall–Kier alpha value is -1.47. The molecule has 0 N–H and O–H groups in total. The lowest BCUT2D eigenvalue weighted by molar-refractivity contribution is -0.239. The minimum Gasteiger partial charge on any atom is -0.466 e. The average Bonchev–Trinajstić information content (AvgIpc) is 3.33. The van der Waals surface area contributed by atoms with Gasteiger partial charge in [0.25, 0.3) is 0 Å². The molecule has 0 aromatic heterocycles. The van der Waals surface area contributed by atoms with Gasteiger partial charge in [-0.2, -0.15) is 0 Å². The summed E-state index contributed by atoms with van der Waals surface area (Å²) >= 11 is 0. The standard InChI is InChI=1S/C32H50O7/c1-18(17-37-20(3)33)10-13-32(36-7)19(2)29-27(39-32)15-26-24-9-8-22-14-23(38-21(4)34)11-12-30(22,5)25(24)16-28(35)31(26,29)6/h18-19,22-27,29H,8-17H2,1-7H3/t18-,19-,22-,23-,24+,25-,26-,27-,29-,30-,31+,32+/m0/s1. The van der Waals surface area contributed by atoms with Crippen molar-refractivity contribution in [1.29, 1.82) is 0 Å². The van der Waals surface area contributed by atoms with Crippen LogP contribution in [0.4, 0.5) is 0 Å². The Kier molecular flexibility index (Phi) is 7.76. The molecule has 4 aliphatic carbocycles. The minimum atomic E-state index is -0.705. The number of methoxy groups -OCH3 is 1. The Bertz CT molecular complexity index is 980. The summed E-state index contributed by atoms with van der Waals surface area (Å²) in [6.07, 6.45) is 8.41. The van der Waals surface area contributed by atoms with Gasteiger partial charge in [0.05, 0.1) is 12.7 Å². The van der Waals surface area contributed by atoms with E-state index in [0.717, 1.165) is 51.4 Å². The summed E-state index contributed by atoms with van der Waals surface area (Å²) in [5.74, 6) is 1.58. The molecule has 0 bridgehead atoms. The van der Waals surface area contributed by atoms with Crippen LogP contribution in [-0.2, 0) is 33.3 Å². The number of fused-ring (bicyclic) bond motifs is 7. The van der Waals surface area contributed by atoms with Crippen LogP contribution in [0.2, 0.25) is 0 Å². The molecule has 7 nitrogen and oxygen atoms in total. The molecule has 0 amide bonds. The van der Waals surface area contributed by atoms with Gasteiger partial charge in [-0.25, -0.2) is 0 Å². The first-order chi connectivity index (χ1) is 18.4. The van der Waals surface area contributed by atoms with Gasteiger partial charge in [-0.1, -0.05) is 27.7 Å². The number of hydrogen-bond acceptors (Lipinski definition) is 7. The van der Waals surface area contributed by atoms with E-state index >= 15 is 0 Å². The van der Waals surface area contributed by atoms with Crippen LogP contribution in [-0.4, -0.2) is 49.4 Å². The van der Waals surface area contributed by atoms with E-state index in [1.807, 2.05) is 0 Å². The summed E-state index contributed by atoms with van der Waals surface area (Å²) in [5, 5.41) is 0. The largest absolute Gasteiger partial charge is 0.466 e. The lowest BCUT2D eigenvalue weighted by atomic mass is 9.44. The molecule has 5 rings (SSSR count). The first-order valence-electron chi connectivity index (χ1n) is 15.4. The monoisotopic (exact) mass is 546 g/mol. The quantitative estimate of drug-likeness (QED) is 0.377. The third-order valence-electron chi connectivity index (χ3n) is 12.4. The zero-order chi connectivity index (χ0) is 28.3. The molecule has 0 spiro atoms. The number of Topliss-reactive ketones (excluding diaryl/α,β-unsaturated/α-hetero) is 1. The van der Waals surface area contributed by atoms with E-state index in [1.54, 1.807) is 7.11 Å². The van der Waals surface area contributed by atoms with E-state index in [9.17, 15) is 14.4 Å². The Balaban J connectivity index is 1.32. The smallest absolute Gasteiger partial charge is 0.302 e. The second-order valence-corrected chi connectivity index (χ2v) is 14.2. The van der Waals surface area contributed by atoms with Crippen LogP contribution < -0.4 is 0 Å². The molecule has 1 heterocycles. The summed E-state index contributed by atoms with van der Waals surface area (Å²) in [4.78, 5) is 37.1. The highest BCUT2D eigenvalue weighted by Gasteiger charge is 2.71. The highest BCUT2D eigenvalue weighted by molar-refractivity contribution is 5.87. The fourth-order valence-corrected chi connectivity index (χ4v) is 10.3. The molecular formula is C32H50O7. The topological polar surface area (TPSA) is 88.1 Å². The third-order valence-corrected chi connectivity index (χ3v) is 12.4. The second kappa shape index (κ2) is 10.4. The van der Waals surface area contributed by atoms with Gasteiger partial charge in [0.2, 0.25) is 0 Å². The van der Waals surface area contributed by atoms with E-state index < -0.39 is 5.79 Å². The Morgan fingerprint density at radius 3 is 2.49 bits per heavy atom. The van der Waals surface area contributed by atoms with Crippen LogP contribution >= 0.6 is 0 Å². The Morgan fingerprint density at radius 2 is 1.82 bits per heavy atom. The zero-order valence-corrected chi connectivity index (χ0v) is 25.1. The van der Waals surface area contributed by atoms with Gasteiger partial charge in [-0.05, 0) is 80.0 Å². The maximum absolute atomic E-state index is 14.3. The van der Waals surface area contributed by atoms with Crippen molar-refractivity contribution in [2.45, 2.75) is 117 Å². The summed E-state index contributed by atoms with van der Waals surface area (Å²) in [6.45, 7) is 12.3. The van der Waals surface area contributed by atoms with E-state index in [0.29, 0.717) is 42.5 Å². The molecule has 5 aliphatic rings. The molecule has 7 heteroatoms. The maximum atomic E-state index is 14.3. The first kappa shape index (κ1) is 29.0. The first-order valence-corrected chi connectivity index (χ1v) is 15.4. The number of rotatable bonds is 7. The van der Waals surface area contributed by atoms with E-state index in [2.05, 4.69) is 27.7 Å². The van der Waals surface area contributed by atoms with Crippen molar-refractivity contribution in [3.8, 4) is 0 Å². The second-order valence-electron chi connectivity index (χ2n) is 14.2. The Labute approximate surface area is 234 Å². The van der Waals surface area contributed by atoms with Crippen LogP contribution in [0.3, 0.4) is 0 Å². The van der Waals surface area contributed by atoms with E-state index in [1.165, 1.54) is 13.8 Å². The molecular weight excluding hydrogens is 496 g/mol. The van der Waals surface area contributed by atoms with Crippen molar-refractivity contribution in [1.82, 2.24) is 0 Å². The predicted molar refractivity (Wildman–Crippen MR) is 145 cm³/mol. The predicted octanol–water partition coefficient (Wildman–Crippen LogP) is 5.72. The number of carbonyl (C=O) groups is 3. The molecule has 0 aromatic carbocycles. The minimum absolute atomic E-state index is 0.0284. The SMILES string of the molecule is CO[C@]1(CC[C@H](C)COC(C)=O)O[C@H]2C[C@H]3[C@@H]4CC[C@H]5C[C@@H](OC(C)=O)CC[C@]5(C)[C@H]4CC(=O)[C@]3(C)[C@H]2[C@@H]1C. The fourth-order valence-electron chi connectivity index (χ4n) is 10.3. The normalized spacial score (nSPS) is 47.4. The van der Waals surface area contributed by atoms with E-state index in [-0.39, 0.29) is 52.7 Å². The number of ether oxygens (including phenoxy) is 4. The van der Waals surface area contributed by atoms with Gasteiger partial charge in [0.1, 0.15) is 11.9 Å². The van der Waals surface area contributed by atoms with Crippen LogP contribution in [0.1, 0.15) is 99.3 Å². The summed E-state index contributed by atoms with van der Waals surface area (Å²) in [7, 11) is 1.74. The van der Waals surface area contributed by atoms with Crippen molar-refractivity contribution in [3.05, 3.63) is 0 Å². The molecule has 12 atom stereocenters. The fraction of sp³-hybridized carbons (Fsp3) is 0.906. The van der Waals surface area contributed by atoms with Crippen LogP contribution in [0.25, 0.3) is 0 Å². The molecule has 4 saturated carbocycles.